The summed E-state index contributed by atoms with van der Waals surface area (Å²) in [4.78, 5) is 26.5. The zero-order valence-electron chi connectivity index (χ0n) is 14.1. The second-order valence-corrected chi connectivity index (χ2v) is 7.10. The molecule has 3 aromatic rings. The van der Waals surface area contributed by atoms with Crippen molar-refractivity contribution in [1.29, 1.82) is 0 Å². The Morgan fingerprint density at radius 3 is 2.85 bits per heavy atom. The summed E-state index contributed by atoms with van der Waals surface area (Å²) in [5.74, 6) is -0.414. The Labute approximate surface area is 154 Å². The number of anilines is 2. The van der Waals surface area contributed by atoms with Gasteiger partial charge in [-0.25, -0.2) is 0 Å². The van der Waals surface area contributed by atoms with Crippen LogP contribution >= 0.6 is 11.3 Å². The molecule has 26 heavy (non-hydrogen) atoms. The van der Waals surface area contributed by atoms with Crippen LogP contribution in [0.2, 0.25) is 0 Å². The lowest BCUT2D eigenvalue weighted by atomic mass is 10.1. The average molecular weight is 367 g/mol. The number of hydrogen-bond donors (Lipinski definition) is 1. The highest BCUT2D eigenvalue weighted by Gasteiger charge is 2.35. The molecule has 1 fully saturated rings. The number of hydrogen-bond acceptors (Lipinski definition) is 5. The van der Waals surface area contributed by atoms with Gasteiger partial charge in [-0.2, -0.15) is 11.3 Å². The highest BCUT2D eigenvalue weighted by molar-refractivity contribution is 7.08. The molecule has 0 saturated carbocycles. The number of nitrogens with one attached hydrogen (secondary N) is 1. The van der Waals surface area contributed by atoms with Crippen LogP contribution < -0.4 is 10.2 Å². The minimum atomic E-state index is -0.418. The summed E-state index contributed by atoms with van der Waals surface area (Å²) in [6.07, 6.45) is 0.186. The van der Waals surface area contributed by atoms with Crippen LogP contribution in [-0.2, 0) is 9.59 Å². The SMILES string of the molecule is Cc1ccc(N2CC(C(=O)Nc3cc(-c4ccsc4)no3)CC2=O)cc1. The van der Waals surface area contributed by atoms with Crippen molar-refractivity contribution >= 4 is 34.7 Å². The summed E-state index contributed by atoms with van der Waals surface area (Å²) >= 11 is 1.57. The Hall–Kier alpha value is -2.93. The third kappa shape index (κ3) is 3.25. The van der Waals surface area contributed by atoms with E-state index < -0.39 is 5.92 Å². The number of amides is 2. The lowest BCUT2D eigenvalue weighted by Crippen LogP contribution is -2.28. The van der Waals surface area contributed by atoms with Crippen LogP contribution in [0.4, 0.5) is 11.6 Å². The van der Waals surface area contributed by atoms with Crippen LogP contribution in [-0.4, -0.2) is 23.5 Å². The van der Waals surface area contributed by atoms with Gasteiger partial charge >= 0.3 is 0 Å². The van der Waals surface area contributed by atoms with E-state index in [1.54, 1.807) is 22.3 Å². The molecule has 0 bridgehead atoms. The number of thiophene rings is 1. The van der Waals surface area contributed by atoms with Gasteiger partial charge in [-0.1, -0.05) is 22.9 Å². The Balaban J connectivity index is 1.43. The van der Waals surface area contributed by atoms with E-state index in [1.807, 2.05) is 48.0 Å². The van der Waals surface area contributed by atoms with E-state index in [2.05, 4.69) is 10.5 Å². The maximum absolute atomic E-state index is 12.5. The molecule has 3 heterocycles. The van der Waals surface area contributed by atoms with Crippen LogP contribution in [0.3, 0.4) is 0 Å². The number of carbonyl (C=O) groups excluding carboxylic acids is 2. The highest BCUT2D eigenvalue weighted by Crippen LogP contribution is 2.27. The van der Waals surface area contributed by atoms with Gasteiger partial charge in [0.2, 0.25) is 17.7 Å². The number of benzene rings is 1. The van der Waals surface area contributed by atoms with Gasteiger partial charge in [0.25, 0.3) is 0 Å². The molecule has 132 valence electrons. The molecular weight excluding hydrogens is 350 g/mol. The van der Waals surface area contributed by atoms with Gasteiger partial charge in [-0.3, -0.25) is 14.9 Å². The molecular formula is C19H17N3O3S. The minimum Gasteiger partial charge on any atom is -0.338 e. The predicted octanol–water partition coefficient (Wildman–Crippen LogP) is 3.70. The van der Waals surface area contributed by atoms with Gasteiger partial charge in [0.05, 0.1) is 5.92 Å². The van der Waals surface area contributed by atoms with Crippen LogP contribution in [0, 0.1) is 12.8 Å². The summed E-state index contributed by atoms with van der Waals surface area (Å²) in [5.41, 5.74) is 3.56. The molecule has 1 atom stereocenters. The van der Waals surface area contributed by atoms with Crippen LogP contribution in [0.5, 0.6) is 0 Å². The number of nitrogens with zero attached hydrogens (tertiary/aromatic N) is 2. The van der Waals surface area contributed by atoms with E-state index >= 15 is 0 Å². The first-order valence-electron chi connectivity index (χ1n) is 8.27. The minimum absolute atomic E-state index is 0.0504. The second kappa shape index (κ2) is 6.76. The number of carbonyl (C=O) groups is 2. The topological polar surface area (TPSA) is 75.4 Å². The average Bonchev–Trinajstić information content (AvgIpc) is 3.36. The molecule has 0 radical (unpaired) electrons. The van der Waals surface area contributed by atoms with Gasteiger partial charge in [0.1, 0.15) is 5.69 Å². The normalized spacial score (nSPS) is 16.9. The summed E-state index contributed by atoms with van der Waals surface area (Å²) in [7, 11) is 0. The lowest BCUT2D eigenvalue weighted by Gasteiger charge is -2.16. The van der Waals surface area contributed by atoms with E-state index in [1.165, 1.54) is 0 Å². The fourth-order valence-corrected chi connectivity index (χ4v) is 3.61. The van der Waals surface area contributed by atoms with Crippen molar-refractivity contribution in [2.24, 2.45) is 5.92 Å². The smallest absolute Gasteiger partial charge is 0.232 e. The molecule has 7 heteroatoms. The first-order chi connectivity index (χ1) is 12.6. The fourth-order valence-electron chi connectivity index (χ4n) is 2.96. The molecule has 1 aromatic carbocycles. The first-order valence-corrected chi connectivity index (χ1v) is 9.21. The Morgan fingerprint density at radius 1 is 1.31 bits per heavy atom. The molecule has 1 aliphatic heterocycles. The number of rotatable bonds is 4. The second-order valence-electron chi connectivity index (χ2n) is 6.32. The van der Waals surface area contributed by atoms with Crippen LogP contribution in [0.15, 0.2) is 51.7 Å². The Kier molecular flexibility index (Phi) is 4.30. The van der Waals surface area contributed by atoms with E-state index in [4.69, 9.17) is 4.52 Å². The van der Waals surface area contributed by atoms with Crippen LogP contribution in [0.25, 0.3) is 11.3 Å². The maximum atomic E-state index is 12.5. The zero-order chi connectivity index (χ0) is 18.1. The molecule has 0 spiro atoms. The summed E-state index contributed by atoms with van der Waals surface area (Å²) < 4.78 is 5.19. The van der Waals surface area contributed by atoms with Crippen molar-refractivity contribution in [3.8, 4) is 11.3 Å². The van der Waals surface area contributed by atoms with Crippen molar-refractivity contribution in [2.45, 2.75) is 13.3 Å². The van der Waals surface area contributed by atoms with E-state index in [0.29, 0.717) is 12.2 Å². The number of aryl methyl sites for hydroxylation is 1. The molecule has 2 aromatic heterocycles. The van der Waals surface area contributed by atoms with Gasteiger partial charge in [-0.15, -0.1) is 0 Å². The Morgan fingerprint density at radius 2 is 2.12 bits per heavy atom. The van der Waals surface area contributed by atoms with Crippen molar-refractivity contribution in [1.82, 2.24) is 5.16 Å². The van der Waals surface area contributed by atoms with E-state index in [-0.39, 0.29) is 24.1 Å². The molecule has 1 saturated heterocycles. The predicted molar refractivity (Wildman–Crippen MR) is 100 cm³/mol. The molecule has 1 aliphatic rings. The summed E-state index contributed by atoms with van der Waals surface area (Å²) in [6, 6.07) is 11.3. The molecule has 1 unspecified atom stereocenters. The molecule has 6 nitrogen and oxygen atoms in total. The molecule has 2 amide bonds. The first kappa shape index (κ1) is 16.5. The van der Waals surface area contributed by atoms with Gasteiger partial charge < -0.3 is 9.42 Å². The van der Waals surface area contributed by atoms with Crippen LogP contribution in [0.1, 0.15) is 12.0 Å². The molecule has 1 N–H and O–H groups in total. The third-order valence-electron chi connectivity index (χ3n) is 4.41. The lowest BCUT2D eigenvalue weighted by molar-refractivity contribution is -0.122. The monoisotopic (exact) mass is 367 g/mol. The third-order valence-corrected chi connectivity index (χ3v) is 5.10. The largest absolute Gasteiger partial charge is 0.338 e. The zero-order valence-corrected chi connectivity index (χ0v) is 15.0. The van der Waals surface area contributed by atoms with Gasteiger partial charge in [0.15, 0.2) is 0 Å². The van der Waals surface area contributed by atoms with Gasteiger partial charge in [-0.05, 0) is 30.5 Å². The van der Waals surface area contributed by atoms with E-state index in [0.717, 1.165) is 16.8 Å². The quantitative estimate of drug-likeness (QED) is 0.763. The summed E-state index contributed by atoms with van der Waals surface area (Å²) in [6.45, 7) is 2.35. The van der Waals surface area contributed by atoms with Crippen molar-refractivity contribution in [2.75, 3.05) is 16.8 Å². The molecule has 4 rings (SSSR count). The van der Waals surface area contributed by atoms with E-state index in [9.17, 15) is 9.59 Å². The highest BCUT2D eigenvalue weighted by atomic mass is 32.1. The Bertz CT molecular complexity index is 931. The standard InChI is InChI=1S/C19H17N3O3S/c1-12-2-4-15(5-3-12)22-10-14(8-18(22)23)19(24)20-17-9-16(21-25-17)13-6-7-26-11-13/h2-7,9,11,14H,8,10H2,1H3,(H,20,24). The van der Waals surface area contributed by atoms with Crippen molar-refractivity contribution < 1.29 is 14.1 Å². The fraction of sp³-hybridized carbons (Fsp3) is 0.211. The number of aromatic nitrogens is 1. The summed E-state index contributed by atoms with van der Waals surface area (Å²) in [5, 5.41) is 10.6. The van der Waals surface area contributed by atoms with Crippen molar-refractivity contribution in [3.63, 3.8) is 0 Å². The molecule has 0 aliphatic carbocycles. The van der Waals surface area contributed by atoms with Gasteiger partial charge in [0, 0.05) is 35.7 Å². The van der Waals surface area contributed by atoms with Crippen molar-refractivity contribution in [3.05, 3.63) is 52.7 Å². The maximum Gasteiger partial charge on any atom is 0.232 e.